The number of rotatable bonds is 6. The van der Waals surface area contributed by atoms with Gasteiger partial charge >= 0.3 is 5.97 Å². The molecule has 1 atom stereocenters. The maximum absolute atomic E-state index is 14.4. The Balaban J connectivity index is 2.29. The van der Waals surface area contributed by atoms with Crippen LogP contribution in [0.15, 0.2) is 36.4 Å². The number of hydrogen-bond acceptors (Lipinski definition) is 3. The second kappa shape index (κ2) is 7.95. The van der Waals surface area contributed by atoms with Crippen molar-refractivity contribution in [2.75, 3.05) is 7.11 Å². The number of nitrogens with one attached hydrogen (secondary N) is 1. The molecule has 0 bridgehead atoms. The van der Waals surface area contributed by atoms with Crippen LogP contribution in [-0.2, 0) is 4.79 Å². The summed E-state index contributed by atoms with van der Waals surface area (Å²) in [4.78, 5) is 23.3. The van der Waals surface area contributed by atoms with Crippen molar-refractivity contribution >= 4 is 11.9 Å². The van der Waals surface area contributed by atoms with Crippen LogP contribution in [0, 0.1) is 17.6 Å². The van der Waals surface area contributed by atoms with E-state index in [1.54, 1.807) is 13.8 Å². The van der Waals surface area contributed by atoms with Crippen molar-refractivity contribution in [3.63, 3.8) is 0 Å². The smallest absolute Gasteiger partial charge is 0.326 e. The summed E-state index contributed by atoms with van der Waals surface area (Å²) in [7, 11) is 1.41. The average molecular weight is 363 g/mol. The number of halogens is 2. The highest BCUT2D eigenvalue weighted by atomic mass is 19.1. The van der Waals surface area contributed by atoms with Gasteiger partial charge in [-0.2, -0.15) is 0 Å². The molecule has 0 saturated heterocycles. The number of methoxy groups -OCH3 is 1. The molecule has 5 nitrogen and oxygen atoms in total. The Morgan fingerprint density at radius 3 is 2.27 bits per heavy atom. The molecular formula is C19H19F2NO4. The van der Waals surface area contributed by atoms with E-state index in [-0.39, 0.29) is 22.6 Å². The first-order valence-corrected chi connectivity index (χ1v) is 7.91. The molecule has 26 heavy (non-hydrogen) atoms. The average Bonchev–Trinajstić information content (AvgIpc) is 2.58. The highest BCUT2D eigenvalue weighted by Crippen LogP contribution is 2.27. The fraction of sp³-hybridized carbons (Fsp3) is 0.263. The molecule has 2 aromatic carbocycles. The van der Waals surface area contributed by atoms with Gasteiger partial charge in [0.1, 0.15) is 23.4 Å². The van der Waals surface area contributed by atoms with Gasteiger partial charge in [-0.25, -0.2) is 13.6 Å². The minimum atomic E-state index is -1.20. The van der Waals surface area contributed by atoms with E-state index in [0.29, 0.717) is 5.75 Å². The van der Waals surface area contributed by atoms with Gasteiger partial charge in [-0.15, -0.1) is 0 Å². The van der Waals surface area contributed by atoms with E-state index in [9.17, 15) is 18.4 Å². The van der Waals surface area contributed by atoms with E-state index in [1.807, 2.05) is 0 Å². The van der Waals surface area contributed by atoms with E-state index >= 15 is 0 Å². The molecule has 138 valence electrons. The van der Waals surface area contributed by atoms with E-state index in [2.05, 4.69) is 5.32 Å². The number of carboxylic acid groups (broad SMARTS) is 1. The number of hydrogen-bond donors (Lipinski definition) is 2. The third-order valence-electron chi connectivity index (χ3n) is 3.92. The molecule has 0 radical (unpaired) electrons. The number of carboxylic acids is 1. The zero-order chi connectivity index (χ0) is 19.4. The number of aliphatic carboxylic acids is 1. The maximum Gasteiger partial charge on any atom is 0.326 e. The first-order chi connectivity index (χ1) is 12.2. The normalized spacial score (nSPS) is 11.9. The molecule has 0 aromatic heterocycles. The van der Waals surface area contributed by atoms with Gasteiger partial charge in [-0.3, -0.25) is 4.79 Å². The molecule has 2 N–H and O–H groups in total. The Kier molecular flexibility index (Phi) is 5.92. The fourth-order valence-corrected chi connectivity index (χ4v) is 2.46. The van der Waals surface area contributed by atoms with Crippen molar-refractivity contribution < 1.29 is 28.2 Å². The van der Waals surface area contributed by atoms with Gasteiger partial charge in [0.25, 0.3) is 5.91 Å². The van der Waals surface area contributed by atoms with Gasteiger partial charge in [-0.05, 0) is 35.7 Å². The highest BCUT2D eigenvalue weighted by Gasteiger charge is 2.25. The Morgan fingerprint density at radius 2 is 1.77 bits per heavy atom. The van der Waals surface area contributed by atoms with Gasteiger partial charge in [0, 0.05) is 11.6 Å². The van der Waals surface area contributed by atoms with Crippen LogP contribution in [0.1, 0.15) is 24.2 Å². The molecule has 0 aliphatic rings. The van der Waals surface area contributed by atoms with Gasteiger partial charge in [-0.1, -0.05) is 19.9 Å². The SMILES string of the molecule is COc1ccc(-c2ccc(C(=O)NC(C(=O)O)C(C)C)c(F)c2)c(F)c1. The number of ether oxygens (including phenoxy) is 1. The van der Waals surface area contributed by atoms with Crippen molar-refractivity contribution in [3.8, 4) is 16.9 Å². The van der Waals surface area contributed by atoms with Gasteiger partial charge in [0.05, 0.1) is 12.7 Å². The Labute approximate surface area is 149 Å². The monoisotopic (exact) mass is 363 g/mol. The molecule has 0 saturated carbocycles. The third-order valence-corrected chi connectivity index (χ3v) is 3.92. The number of amides is 1. The molecule has 0 heterocycles. The summed E-state index contributed by atoms with van der Waals surface area (Å²) in [6.45, 7) is 3.26. The Bertz CT molecular complexity index is 836. The predicted octanol–water partition coefficient (Wildman–Crippen LogP) is 3.48. The lowest BCUT2D eigenvalue weighted by molar-refractivity contribution is -0.140. The fourth-order valence-electron chi connectivity index (χ4n) is 2.46. The van der Waals surface area contributed by atoms with E-state index in [4.69, 9.17) is 9.84 Å². The number of carbonyl (C=O) groups excluding carboxylic acids is 1. The molecule has 7 heteroatoms. The number of benzene rings is 2. The van der Waals surface area contributed by atoms with E-state index in [0.717, 1.165) is 6.07 Å². The number of carbonyl (C=O) groups is 2. The zero-order valence-electron chi connectivity index (χ0n) is 14.5. The molecule has 0 aliphatic carbocycles. The zero-order valence-corrected chi connectivity index (χ0v) is 14.5. The predicted molar refractivity (Wildman–Crippen MR) is 92.1 cm³/mol. The summed E-state index contributed by atoms with van der Waals surface area (Å²) >= 11 is 0. The maximum atomic E-state index is 14.4. The van der Waals surface area contributed by atoms with Crippen LogP contribution in [0.4, 0.5) is 8.78 Å². The van der Waals surface area contributed by atoms with E-state index < -0.39 is 29.6 Å². The van der Waals surface area contributed by atoms with Crippen LogP contribution in [0.3, 0.4) is 0 Å². The summed E-state index contributed by atoms with van der Waals surface area (Å²) in [6, 6.07) is 6.65. The van der Waals surface area contributed by atoms with Crippen LogP contribution in [0.5, 0.6) is 5.75 Å². The Morgan fingerprint density at radius 1 is 1.08 bits per heavy atom. The van der Waals surface area contributed by atoms with Gasteiger partial charge in [0.2, 0.25) is 0 Å². The van der Waals surface area contributed by atoms with Gasteiger partial charge < -0.3 is 15.2 Å². The molecular weight excluding hydrogens is 344 g/mol. The molecule has 1 amide bonds. The molecule has 2 aromatic rings. The summed E-state index contributed by atoms with van der Waals surface area (Å²) in [5.74, 6) is -3.55. The van der Waals surface area contributed by atoms with Crippen molar-refractivity contribution in [2.24, 2.45) is 5.92 Å². The van der Waals surface area contributed by atoms with Crippen LogP contribution in [0.25, 0.3) is 11.1 Å². The van der Waals surface area contributed by atoms with Crippen molar-refractivity contribution in [1.82, 2.24) is 5.32 Å². The quantitative estimate of drug-likeness (QED) is 0.824. The minimum absolute atomic E-state index is 0.155. The molecule has 0 spiro atoms. The molecule has 0 fully saturated rings. The molecule has 1 unspecified atom stereocenters. The second-order valence-electron chi connectivity index (χ2n) is 6.07. The third kappa shape index (κ3) is 4.17. The van der Waals surface area contributed by atoms with Crippen LogP contribution in [-0.4, -0.2) is 30.1 Å². The first-order valence-electron chi connectivity index (χ1n) is 7.91. The van der Waals surface area contributed by atoms with Crippen molar-refractivity contribution in [2.45, 2.75) is 19.9 Å². The lowest BCUT2D eigenvalue weighted by Gasteiger charge is -2.18. The summed E-state index contributed by atoms with van der Waals surface area (Å²) in [6.07, 6.45) is 0. The Hall–Kier alpha value is -2.96. The summed E-state index contributed by atoms with van der Waals surface area (Å²) in [5.41, 5.74) is 0.0923. The minimum Gasteiger partial charge on any atom is -0.497 e. The van der Waals surface area contributed by atoms with Crippen LogP contribution in [0.2, 0.25) is 0 Å². The van der Waals surface area contributed by atoms with Crippen LogP contribution >= 0.6 is 0 Å². The van der Waals surface area contributed by atoms with Gasteiger partial charge in [0.15, 0.2) is 0 Å². The molecule has 2 rings (SSSR count). The summed E-state index contributed by atoms with van der Waals surface area (Å²) < 4.78 is 33.4. The standard InChI is InChI=1S/C19H19F2NO4/c1-10(2)17(19(24)25)22-18(23)14-6-4-11(8-15(14)20)13-7-5-12(26-3)9-16(13)21/h4-10,17H,1-3H3,(H,22,23)(H,24,25). The lowest BCUT2D eigenvalue weighted by Crippen LogP contribution is -2.44. The summed E-state index contributed by atoms with van der Waals surface area (Å²) in [5, 5.41) is 11.4. The topological polar surface area (TPSA) is 75.6 Å². The largest absolute Gasteiger partial charge is 0.497 e. The van der Waals surface area contributed by atoms with Crippen molar-refractivity contribution in [1.29, 1.82) is 0 Å². The van der Waals surface area contributed by atoms with Crippen LogP contribution < -0.4 is 10.1 Å². The van der Waals surface area contributed by atoms with E-state index in [1.165, 1.54) is 37.4 Å². The first kappa shape index (κ1) is 19.4. The molecule has 0 aliphatic heterocycles. The van der Waals surface area contributed by atoms with Crippen molar-refractivity contribution in [3.05, 3.63) is 53.6 Å². The lowest BCUT2D eigenvalue weighted by atomic mass is 10.0. The second-order valence-corrected chi connectivity index (χ2v) is 6.07. The highest BCUT2D eigenvalue weighted by molar-refractivity contribution is 5.97.